The summed E-state index contributed by atoms with van der Waals surface area (Å²) in [4.78, 5) is 24.4. The maximum atomic E-state index is 12.3. The molecule has 1 unspecified atom stereocenters. The molecule has 1 aromatic rings. The van der Waals surface area contributed by atoms with E-state index in [1.165, 1.54) is 18.2 Å². The molecular weight excluding hydrogens is 286 g/mol. The zero-order valence-corrected chi connectivity index (χ0v) is 13.6. The van der Waals surface area contributed by atoms with Crippen LogP contribution in [0.4, 0.5) is 11.4 Å². The van der Waals surface area contributed by atoms with Gasteiger partial charge in [-0.05, 0) is 18.9 Å². The third kappa shape index (κ3) is 4.17. The molecule has 0 aliphatic heterocycles. The summed E-state index contributed by atoms with van der Waals surface area (Å²) in [7, 11) is 3.50. The Morgan fingerprint density at radius 3 is 2.50 bits per heavy atom. The fraction of sp³-hybridized carbons (Fsp3) is 0.533. The molecule has 0 aromatic heterocycles. The van der Waals surface area contributed by atoms with Gasteiger partial charge in [0.15, 0.2) is 0 Å². The lowest BCUT2D eigenvalue weighted by Gasteiger charge is -2.28. The second-order valence-electron chi connectivity index (χ2n) is 6.05. The molecule has 1 amide bonds. The van der Waals surface area contributed by atoms with Crippen molar-refractivity contribution in [2.75, 3.05) is 25.5 Å². The Morgan fingerprint density at radius 2 is 2.05 bits per heavy atom. The van der Waals surface area contributed by atoms with Crippen LogP contribution >= 0.6 is 0 Å². The van der Waals surface area contributed by atoms with Gasteiger partial charge in [0.2, 0.25) is 0 Å². The highest BCUT2D eigenvalue weighted by Crippen LogP contribution is 2.24. The highest BCUT2D eigenvalue weighted by atomic mass is 16.6. The Kier molecular flexibility index (Phi) is 5.48. The minimum atomic E-state index is -1.05. The van der Waals surface area contributed by atoms with E-state index in [0.29, 0.717) is 5.69 Å². The molecule has 0 fully saturated rings. The van der Waals surface area contributed by atoms with Gasteiger partial charge < -0.3 is 15.3 Å². The zero-order valence-electron chi connectivity index (χ0n) is 13.6. The van der Waals surface area contributed by atoms with E-state index >= 15 is 0 Å². The first-order valence-corrected chi connectivity index (χ1v) is 7.02. The van der Waals surface area contributed by atoms with Crippen LogP contribution in [0.25, 0.3) is 0 Å². The Morgan fingerprint density at radius 1 is 1.45 bits per heavy atom. The van der Waals surface area contributed by atoms with Crippen molar-refractivity contribution in [1.82, 2.24) is 5.32 Å². The number of carbonyl (C=O) groups is 1. The molecule has 0 heterocycles. The first-order chi connectivity index (χ1) is 10.1. The van der Waals surface area contributed by atoms with Crippen molar-refractivity contribution in [3.8, 4) is 0 Å². The van der Waals surface area contributed by atoms with Crippen molar-refractivity contribution >= 4 is 17.3 Å². The van der Waals surface area contributed by atoms with Crippen molar-refractivity contribution in [2.24, 2.45) is 5.92 Å². The summed E-state index contributed by atoms with van der Waals surface area (Å²) in [6.45, 7) is 5.41. The van der Waals surface area contributed by atoms with E-state index in [-0.39, 0.29) is 23.7 Å². The molecular formula is C15H23N3O4. The number of anilines is 1. The molecule has 22 heavy (non-hydrogen) atoms. The lowest BCUT2D eigenvalue weighted by Crippen LogP contribution is -2.44. The molecule has 0 aliphatic carbocycles. The molecule has 1 aromatic carbocycles. The molecule has 7 heteroatoms. The van der Waals surface area contributed by atoms with Crippen LogP contribution in [-0.4, -0.2) is 42.2 Å². The van der Waals surface area contributed by atoms with E-state index in [1.807, 2.05) is 13.8 Å². The van der Waals surface area contributed by atoms with Gasteiger partial charge >= 0.3 is 0 Å². The Hall–Kier alpha value is -2.15. The molecule has 2 N–H and O–H groups in total. The third-order valence-corrected chi connectivity index (χ3v) is 3.77. The molecule has 1 atom stereocenters. The SMILES string of the molecule is CC(C)C(C)(O)CNC(=O)c1cc([N+](=O)[O-])ccc1N(C)C. The summed E-state index contributed by atoms with van der Waals surface area (Å²) in [6, 6.07) is 4.14. The summed E-state index contributed by atoms with van der Waals surface area (Å²) in [5.74, 6) is -0.487. The van der Waals surface area contributed by atoms with Gasteiger partial charge in [0.05, 0.1) is 16.1 Å². The maximum absolute atomic E-state index is 12.3. The molecule has 0 spiro atoms. The highest BCUT2D eigenvalue weighted by Gasteiger charge is 2.26. The standard InChI is InChI=1S/C15H23N3O4/c1-10(2)15(3,20)9-16-14(19)12-8-11(18(21)22)6-7-13(12)17(4)5/h6-8,10,20H,9H2,1-5H3,(H,16,19). The number of nitrogens with one attached hydrogen (secondary N) is 1. The fourth-order valence-corrected chi connectivity index (χ4v) is 1.77. The highest BCUT2D eigenvalue weighted by molar-refractivity contribution is 6.00. The van der Waals surface area contributed by atoms with E-state index < -0.39 is 16.4 Å². The van der Waals surface area contributed by atoms with E-state index in [2.05, 4.69) is 5.32 Å². The van der Waals surface area contributed by atoms with Crippen LogP contribution in [0.1, 0.15) is 31.1 Å². The number of nitrogens with zero attached hydrogens (tertiary/aromatic N) is 2. The largest absolute Gasteiger partial charge is 0.388 e. The molecule has 0 radical (unpaired) electrons. The number of non-ortho nitro benzene ring substituents is 1. The number of nitro benzene ring substituents is 1. The predicted molar refractivity (Wildman–Crippen MR) is 85.2 cm³/mol. The minimum Gasteiger partial charge on any atom is -0.388 e. The van der Waals surface area contributed by atoms with E-state index in [9.17, 15) is 20.0 Å². The number of amides is 1. The number of carbonyl (C=O) groups excluding carboxylic acids is 1. The predicted octanol–water partition coefficient (Wildman–Crippen LogP) is 1.80. The van der Waals surface area contributed by atoms with Gasteiger partial charge in [-0.3, -0.25) is 14.9 Å². The van der Waals surface area contributed by atoms with Crippen molar-refractivity contribution in [3.05, 3.63) is 33.9 Å². The Labute approximate surface area is 130 Å². The average Bonchev–Trinajstić information content (AvgIpc) is 2.43. The Balaban J connectivity index is 3.05. The molecule has 0 aliphatic rings. The topological polar surface area (TPSA) is 95.7 Å². The van der Waals surface area contributed by atoms with Gasteiger partial charge in [-0.2, -0.15) is 0 Å². The molecule has 122 valence electrons. The van der Waals surface area contributed by atoms with Crippen LogP contribution in [0.3, 0.4) is 0 Å². The van der Waals surface area contributed by atoms with Crippen molar-refractivity contribution in [3.63, 3.8) is 0 Å². The second-order valence-corrected chi connectivity index (χ2v) is 6.05. The van der Waals surface area contributed by atoms with Gasteiger partial charge in [0, 0.05) is 38.5 Å². The van der Waals surface area contributed by atoms with Crippen LogP contribution in [0.2, 0.25) is 0 Å². The third-order valence-electron chi connectivity index (χ3n) is 3.77. The molecule has 0 saturated carbocycles. The van der Waals surface area contributed by atoms with E-state index in [1.54, 1.807) is 25.9 Å². The van der Waals surface area contributed by atoms with Crippen LogP contribution < -0.4 is 10.2 Å². The number of benzene rings is 1. The maximum Gasteiger partial charge on any atom is 0.270 e. The summed E-state index contributed by atoms with van der Waals surface area (Å²) in [6.07, 6.45) is 0. The zero-order chi connectivity index (χ0) is 17.1. The molecule has 0 bridgehead atoms. The average molecular weight is 309 g/mol. The van der Waals surface area contributed by atoms with Gasteiger partial charge in [-0.25, -0.2) is 0 Å². The van der Waals surface area contributed by atoms with Gasteiger partial charge in [0.25, 0.3) is 11.6 Å². The number of rotatable bonds is 6. The summed E-state index contributed by atoms with van der Waals surface area (Å²) < 4.78 is 0. The minimum absolute atomic E-state index is 0.0359. The lowest BCUT2D eigenvalue weighted by atomic mass is 9.92. The van der Waals surface area contributed by atoms with Crippen LogP contribution in [0.15, 0.2) is 18.2 Å². The summed E-state index contributed by atoms with van der Waals surface area (Å²) in [5, 5.41) is 23.7. The van der Waals surface area contributed by atoms with Crippen LogP contribution in [0.5, 0.6) is 0 Å². The summed E-state index contributed by atoms with van der Waals surface area (Å²) >= 11 is 0. The monoisotopic (exact) mass is 309 g/mol. The van der Waals surface area contributed by atoms with Crippen LogP contribution in [0, 0.1) is 16.0 Å². The Bertz CT molecular complexity index is 568. The molecule has 7 nitrogen and oxygen atoms in total. The van der Waals surface area contributed by atoms with E-state index in [0.717, 1.165) is 0 Å². The van der Waals surface area contributed by atoms with Gasteiger partial charge in [-0.15, -0.1) is 0 Å². The second kappa shape index (κ2) is 6.74. The number of hydrogen-bond acceptors (Lipinski definition) is 5. The molecule has 1 rings (SSSR count). The molecule has 0 saturated heterocycles. The first kappa shape index (κ1) is 17.9. The fourth-order valence-electron chi connectivity index (χ4n) is 1.77. The van der Waals surface area contributed by atoms with Gasteiger partial charge in [0.1, 0.15) is 0 Å². The van der Waals surface area contributed by atoms with Gasteiger partial charge in [-0.1, -0.05) is 13.8 Å². The number of nitro groups is 1. The smallest absolute Gasteiger partial charge is 0.270 e. The van der Waals surface area contributed by atoms with Crippen molar-refractivity contribution in [1.29, 1.82) is 0 Å². The quantitative estimate of drug-likeness (QED) is 0.617. The number of hydrogen-bond donors (Lipinski definition) is 2. The van der Waals surface area contributed by atoms with Crippen molar-refractivity contribution < 1.29 is 14.8 Å². The number of aliphatic hydroxyl groups is 1. The first-order valence-electron chi connectivity index (χ1n) is 7.02. The van der Waals surface area contributed by atoms with Crippen molar-refractivity contribution in [2.45, 2.75) is 26.4 Å². The normalized spacial score (nSPS) is 13.6. The van der Waals surface area contributed by atoms with Crippen LogP contribution in [-0.2, 0) is 0 Å². The van der Waals surface area contributed by atoms with E-state index in [4.69, 9.17) is 0 Å². The lowest BCUT2D eigenvalue weighted by molar-refractivity contribution is -0.384. The summed E-state index contributed by atoms with van der Waals surface area (Å²) in [5.41, 5.74) is -0.410.